The second-order valence-corrected chi connectivity index (χ2v) is 6.46. The molecular weight excluding hydrogens is 314 g/mol. The molecule has 0 bridgehead atoms. The monoisotopic (exact) mass is 329 g/mol. The van der Waals surface area contributed by atoms with Crippen LogP contribution in [0.3, 0.4) is 0 Å². The van der Waals surface area contributed by atoms with Gasteiger partial charge in [-0.05, 0) is 49.5 Å². The summed E-state index contributed by atoms with van der Waals surface area (Å²) in [7, 11) is 1.78. The quantitative estimate of drug-likeness (QED) is 0.704. The zero-order chi connectivity index (χ0) is 15.7. The van der Waals surface area contributed by atoms with Crippen LogP contribution in [0.25, 0.3) is 10.2 Å². The Morgan fingerprint density at radius 3 is 2.45 bits per heavy atom. The van der Waals surface area contributed by atoms with E-state index < -0.39 is 0 Å². The maximum absolute atomic E-state index is 11.7. The summed E-state index contributed by atoms with van der Waals surface area (Å²) >= 11 is 6.55. The lowest BCUT2D eigenvalue weighted by molar-refractivity contribution is 0.939. The van der Waals surface area contributed by atoms with Crippen LogP contribution < -0.4 is 15.5 Å². The Morgan fingerprint density at radius 2 is 1.73 bits per heavy atom. The molecule has 6 heteroatoms. The van der Waals surface area contributed by atoms with Crippen molar-refractivity contribution in [3.8, 4) is 0 Å². The number of nitrogens with zero attached hydrogens (tertiary/aromatic N) is 1. The van der Waals surface area contributed by atoms with Crippen molar-refractivity contribution >= 4 is 50.3 Å². The summed E-state index contributed by atoms with van der Waals surface area (Å²) in [5.41, 5.74) is 3.93. The van der Waals surface area contributed by atoms with Gasteiger partial charge in [-0.3, -0.25) is 4.79 Å². The van der Waals surface area contributed by atoms with Gasteiger partial charge in [0.2, 0.25) is 0 Å². The highest BCUT2D eigenvalue weighted by atomic mass is 32.1. The van der Waals surface area contributed by atoms with Crippen molar-refractivity contribution in [2.75, 3.05) is 10.6 Å². The summed E-state index contributed by atoms with van der Waals surface area (Å²) in [5, 5.41) is 6.80. The van der Waals surface area contributed by atoms with Crippen LogP contribution in [0.2, 0.25) is 0 Å². The van der Waals surface area contributed by atoms with Gasteiger partial charge in [-0.25, -0.2) is 0 Å². The minimum absolute atomic E-state index is 0.0347. The number of fused-ring (bicyclic) bond motifs is 1. The van der Waals surface area contributed by atoms with E-state index in [1.807, 2.05) is 49.4 Å². The summed E-state index contributed by atoms with van der Waals surface area (Å²) in [4.78, 5) is 11.7. The van der Waals surface area contributed by atoms with Crippen molar-refractivity contribution in [1.29, 1.82) is 0 Å². The van der Waals surface area contributed by atoms with Crippen molar-refractivity contribution in [2.45, 2.75) is 6.92 Å². The maximum atomic E-state index is 11.7. The van der Waals surface area contributed by atoms with Gasteiger partial charge in [0, 0.05) is 18.4 Å². The van der Waals surface area contributed by atoms with Crippen LogP contribution in [0.1, 0.15) is 5.56 Å². The van der Waals surface area contributed by atoms with Gasteiger partial charge in [-0.2, -0.15) is 0 Å². The Bertz CT molecular complexity index is 894. The molecule has 4 nitrogen and oxygen atoms in total. The first-order valence-electron chi connectivity index (χ1n) is 6.77. The number of nitrogens with one attached hydrogen (secondary N) is 2. The molecule has 0 fully saturated rings. The Hall–Kier alpha value is -2.18. The lowest BCUT2D eigenvalue weighted by Gasteiger charge is -2.11. The van der Waals surface area contributed by atoms with E-state index in [-0.39, 0.29) is 4.87 Å². The molecule has 1 aromatic heterocycles. The number of anilines is 2. The first-order chi connectivity index (χ1) is 10.5. The van der Waals surface area contributed by atoms with Crippen LogP contribution in [0, 0.1) is 6.92 Å². The predicted octanol–water partition coefficient (Wildman–Crippen LogP) is 3.72. The summed E-state index contributed by atoms with van der Waals surface area (Å²) in [6.45, 7) is 2.04. The molecule has 0 unspecified atom stereocenters. The molecule has 0 aliphatic rings. The molecule has 0 atom stereocenters. The van der Waals surface area contributed by atoms with Gasteiger partial charge in [-0.1, -0.05) is 29.0 Å². The van der Waals surface area contributed by atoms with Gasteiger partial charge in [0.05, 0.1) is 10.2 Å². The summed E-state index contributed by atoms with van der Waals surface area (Å²) in [6.07, 6.45) is 0. The fourth-order valence-corrected chi connectivity index (χ4v) is 3.30. The van der Waals surface area contributed by atoms with Crippen molar-refractivity contribution in [2.24, 2.45) is 7.05 Å². The molecule has 3 rings (SSSR count). The molecule has 22 heavy (non-hydrogen) atoms. The molecule has 0 radical (unpaired) electrons. The van der Waals surface area contributed by atoms with Crippen molar-refractivity contribution in [3.63, 3.8) is 0 Å². The van der Waals surface area contributed by atoms with Crippen molar-refractivity contribution in [1.82, 2.24) is 4.57 Å². The highest BCUT2D eigenvalue weighted by Crippen LogP contribution is 2.21. The van der Waals surface area contributed by atoms with Gasteiger partial charge in [0.15, 0.2) is 5.11 Å². The number of thiazole rings is 1. The molecule has 0 amide bonds. The fourth-order valence-electron chi connectivity index (χ4n) is 2.14. The van der Waals surface area contributed by atoms with Crippen LogP contribution >= 0.6 is 23.6 Å². The maximum Gasteiger partial charge on any atom is 0.307 e. The Balaban J connectivity index is 1.76. The largest absolute Gasteiger partial charge is 0.332 e. The number of aromatic nitrogens is 1. The third-order valence-electron chi connectivity index (χ3n) is 3.36. The molecule has 2 N–H and O–H groups in total. The van der Waals surface area contributed by atoms with Gasteiger partial charge in [0.25, 0.3) is 0 Å². The number of benzene rings is 2. The van der Waals surface area contributed by atoms with Crippen LogP contribution in [0.4, 0.5) is 11.4 Å². The Morgan fingerprint density at radius 1 is 1.09 bits per heavy atom. The van der Waals surface area contributed by atoms with Crippen LogP contribution in [-0.2, 0) is 7.05 Å². The van der Waals surface area contributed by atoms with E-state index in [1.165, 1.54) is 16.9 Å². The van der Waals surface area contributed by atoms with E-state index in [1.54, 1.807) is 11.6 Å². The number of aryl methyl sites for hydroxylation is 2. The summed E-state index contributed by atoms with van der Waals surface area (Å²) in [6, 6.07) is 13.8. The van der Waals surface area contributed by atoms with Gasteiger partial charge < -0.3 is 15.2 Å². The lowest BCUT2D eigenvalue weighted by Crippen LogP contribution is -2.18. The number of hydrogen-bond acceptors (Lipinski definition) is 3. The minimum Gasteiger partial charge on any atom is -0.332 e. The smallest absolute Gasteiger partial charge is 0.307 e. The molecule has 0 saturated heterocycles. The minimum atomic E-state index is 0.0347. The second kappa shape index (κ2) is 5.90. The molecule has 0 aliphatic carbocycles. The molecule has 0 aliphatic heterocycles. The Kier molecular flexibility index (Phi) is 3.96. The highest BCUT2D eigenvalue weighted by molar-refractivity contribution is 7.80. The topological polar surface area (TPSA) is 46.1 Å². The van der Waals surface area contributed by atoms with Crippen LogP contribution in [0.5, 0.6) is 0 Å². The molecule has 3 aromatic rings. The fraction of sp³-hybridized carbons (Fsp3) is 0.125. The summed E-state index contributed by atoms with van der Waals surface area (Å²) < 4.78 is 2.59. The molecule has 0 saturated carbocycles. The van der Waals surface area contributed by atoms with E-state index in [2.05, 4.69) is 10.6 Å². The Labute approximate surface area is 137 Å². The van der Waals surface area contributed by atoms with E-state index in [0.717, 1.165) is 21.6 Å². The average Bonchev–Trinajstić information content (AvgIpc) is 2.76. The van der Waals surface area contributed by atoms with E-state index >= 15 is 0 Å². The number of thiocarbonyl (C=S) groups is 1. The third-order valence-corrected chi connectivity index (χ3v) is 4.56. The van der Waals surface area contributed by atoms with Crippen LogP contribution in [0.15, 0.2) is 47.3 Å². The van der Waals surface area contributed by atoms with Crippen molar-refractivity contribution < 1.29 is 0 Å². The number of hydrogen-bond donors (Lipinski definition) is 2. The summed E-state index contributed by atoms with van der Waals surface area (Å²) in [5.74, 6) is 0. The van der Waals surface area contributed by atoms with Crippen LogP contribution in [-0.4, -0.2) is 9.68 Å². The van der Waals surface area contributed by atoms with E-state index in [0.29, 0.717) is 5.11 Å². The van der Waals surface area contributed by atoms with Gasteiger partial charge in [0.1, 0.15) is 0 Å². The first kappa shape index (κ1) is 14.7. The zero-order valence-corrected chi connectivity index (χ0v) is 13.8. The average molecular weight is 329 g/mol. The van der Waals surface area contributed by atoms with Crippen molar-refractivity contribution in [3.05, 3.63) is 57.7 Å². The molecule has 112 valence electrons. The zero-order valence-electron chi connectivity index (χ0n) is 12.2. The van der Waals surface area contributed by atoms with E-state index in [4.69, 9.17) is 12.2 Å². The predicted molar refractivity (Wildman–Crippen MR) is 98.1 cm³/mol. The molecule has 1 heterocycles. The SMILES string of the molecule is Cc1ccc(NC(=S)Nc2ccc3c(c2)sc(=O)n3C)cc1. The third kappa shape index (κ3) is 3.03. The second-order valence-electron chi connectivity index (χ2n) is 5.05. The van der Waals surface area contributed by atoms with Gasteiger partial charge in [-0.15, -0.1) is 0 Å². The highest BCUT2D eigenvalue weighted by Gasteiger charge is 2.05. The van der Waals surface area contributed by atoms with E-state index in [9.17, 15) is 4.79 Å². The number of rotatable bonds is 2. The lowest BCUT2D eigenvalue weighted by atomic mass is 10.2. The first-order valence-corrected chi connectivity index (χ1v) is 8.00. The molecule has 2 aromatic carbocycles. The normalized spacial score (nSPS) is 10.6. The van der Waals surface area contributed by atoms with Gasteiger partial charge >= 0.3 is 4.87 Å². The standard InChI is InChI=1S/C16H15N3OS2/c1-10-3-5-11(6-4-10)17-15(21)18-12-7-8-13-14(9-12)22-16(20)19(13)2/h3-9H,1-2H3,(H2,17,18,21). The molecular formula is C16H15N3OS2. The molecule has 0 spiro atoms.